The van der Waals surface area contributed by atoms with Crippen molar-refractivity contribution in [2.45, 2.75) is 142 Å². The molecule has 0 radical (unpaired) electrons. The predicted octanol–water partition coefficient (Wildman–Crippen LogP) is 14.2. The van der Waals surface area contributed by atoms with E-state index in [9.17, 15) is 0 Å². The van der Waals surface area contributed by atoms with Crippen molar-refractivity contribution < 1.29 is 45.8 Å². The van der Waals surface area contributed by atoms with Crippen LogP contribution in [0, 0.1) is 12.1 Å². The summed E-state index contributed by atoms with van der Waals surface area (Å²) in [6, 6.07) is 17.9. The van der Waals surface area contributed by atoms with E-state index in [1.165, 1.54) is 128 Å². The van der Waals surface area contributed by atoms with Gasteiger partial charge < -0.3 is 19.5 Å². The molecule has 0 amide bonds. The second-order valence-corrected chi connectivity index (χ2v) is 12.6. The summed E-state index contributed by atoms with van der Waals surface area (Å²) in [6.45, 7) is 14.7. The Morgan fingerprint density at radius 3 is 1.10 bits per heavy atom. The van der Waals surface area contributed by atoms with E-state index in [0.717, 1.165) is 35.7 Å². The van der Waals surface area contributed by atoms with Gasteiger partial charge in [-0.15, -0.1) is 59.7 Å². The predicted molar refractivity (Wildman–Crippen MR) is 222 cm³/mol. The number of rotatable bonds is 30. The van der Waals surface area contributed by atoms with Gasteiger partial charge in [-0.3, -0.25) is 0 Å². The van der Waals surface area contributed by atoms with Gasteiger partial charge in [-0.1, -0.05) is 167 Å². The van der Waals surface area contributed by atoms with Gasteiger partial charge in [0.15, 0.2) is 0 Å². The van der Waals surface area contributed by atoms with Crippen molar-refractivity contribution in [1.29, 1.82) is 0 Å². The Morgan fingerprint density at radius 2 is 0.827 bits per heavy atom. The summed E-state index contributed by atoms with van der Waals surface area (Å²) < 4.78 is 10.9. The second kappa shape index (κ2) is 45.9. The Morgan fingerprint density at radius 1 is 0.519 bits per heavy atom. The van der Waals surface area contributed by atoms with Crippen molar-refractivity contribution in [3.63, 3.8) is 0 Å². The van der Waals surface area contributed by atoms with Crippen molar-refractivity contribution >= 4 is 31.5 Å². The van der Waals surface area contributed by atoms with Gasteiger partial charge in [0.1, 0.15) is 0 Å². The Bertz CT molecular complexity index is 981. The fourth-order valence-electron chi connectivity index (χ4n) is 5.20. The van der Waals surface area contributed by atoms with Crippen LogP contribution in [0.15, 0.2) is 71.7 Å². The number of nitrogens with zero attached hydrogens (tertiary/aromatic N) is 2. The minimum atomic E-state index is 0.528. The number of halogens is 2. The number of aliphatic imine (C=N–C) groups is 2. The summed E-state index contributed by atoms with van der Waals surface area (Å²) in [5, 5.41) is 0. The molecule has 0 unspecified atom stereocenters. The Kier molecular flexibility index (Phi) is 46.7. The van der Waals surface area contributed by atoms with Gasteiger partial charge in [-0.05, 0) is 12.8 Å². The number of ether oxygens (including phenoxy) is 2. The fraction of sp³-hybridized carbons (Fsp3) is 0.591. The van der Waals surface area contributed by atoms with Crippen molar-refractivity contribution in [3.8, 4) is 11.5 Å². The number of benzene rings is 2. The topological polar surface area (TPSA) is 43.2 Å². The molecule has 2 aromatic rings. The van der Waals surface area contributed by atoms with E-state index in [1.807, 2.05) is 48.8 Å². The van der Waals surface area contributed by atoms with Gasteiger partial charge in [0, 0.05) is 24.6 Å². The van der Waals surface area contributed by atoms with Gasteiger partial charge >= 0.3 is 55.4 Å². The van der Waals surface area contributed by atoms with Gasteiger partial charge in [0.05, 0.1) is 13.2 Å². The Hall–Kier alpha value is -1.24. The summed E-state index contributed by atoms with van der Waals surface area (Å²) in [4.78, 5) is 8.98. The number of unbranched alkanes of at least 4 members (excludes halogenated alkanes) is 18. The molecule has 0 N–H and O–H groups in total. The molecule has 0 aliphatic carbocycles. The van der Waals surface area contributed by atoms with Gasteiger partial charge in [-0.2, -0.15) is 0 Å². The molecular weight excluding hydrogens is 872 g/mol. The molecule has 0 atom stereocenters. The summed E-state index contributed by atoms with van der Waals surface area (Å²) in [6.07, 6.45) is 34.5. The molecule has 2 aromatic carbocycles. The molecule has 2 rings (SSSR count). The molecule has 300 valence electrons. The van der Waals surface area contributed by atoms with Gasteiger partial charge in [-0.25, -0.2) is 0 Å². The van der Waals surface area contributed by atoms with E-state index in [2.05, 4.69) is 105 Å². The summed E-state index contributed by atoms with van der Waals surface area (Å²) in [7, 11) is 8.98. The summed E-state index contributed by atoms with van der Waals surface area (Å²) >= 11 is 4.44. The molecule has 0 aliphatic rings. The van der Waals surface area contributed by atoms with Crippen molar-refractivity contribution in [1.82, 2.24) is 0 Å². The van der Waals surface area contributed by atoms with Gasteiger partial charge in [0.25, 0.3) is 0 Å². The van der Waals surface area contributed by atoms with Crippen LogP contribution in [0.1, 0.15) is 153 Å². The zero-order chi connectivity index (χ0) is 38.6. The van der Waals surface area contributed by atoms with Crippen LogP contribution in [-0.4, -0.2) is 38.7 Å². The van der Waals surface area contributed by atoms with E-state index < -0.39 is 0 Å². The maximum absolute atomic E-state index is 5.43. The van der Waals surface area contributed by atoms with Crippen molar-refractivity contribution in [2.24, 2.45) is 9.98 Å². The average molecular weight is 941 g/mol. The quantitative estimate of drug-likeness (QED) is 0.0257. The van der Waals surface area contributed by atoms with Crippen LogP contribution in [0.2, 0.25) is 0 Å². The van der Waals surface area contributed by atoms with Crippen LogP contribution >= 0.6 is 19.1 Å². The van der Waals surface area contributed by atoms with Crippen LogP contribution < -0.4 is 9.47 Å². The standard InChI is InChI=1S/2C22H34NO.2ClH.2Pd/c2*1-3-5-6-7-8-9-10-11-12-13-18-23-20-21-14-16-22(17-15-21)24-19-4-2;;;;/h2*4,14,16-17,20H,2-3,5-13,18-19H2,1H3;2*1H;;/q2*-1;;;2*+2/p-2. The third-order valence-corrected chi connectivity index (χ3v) is 8.09. The molecule has 0 saturated carbocycles. The van der Waals surface area contributed by atoms with E-state index in [0.29, 0.717) is 13.2 Å². The molecule has 4 nitrogen and oxygen atoms in total. The first-order valence-corrected chi connectivity index (χ1v) is 23.5. The van der Waals surface area contributed by atoms with Gasteiger partial charge in [0.2, 0.25) is 0 Å². The minimum absolute atomic E-state index is 0.528. The molecule has 0 fully saturated rings. The van der Waals surface area contributed by atoms with Crippen LogP contribution in [0.5, 0.6) is 11.5 Å². The van der Waals surface area contributed by atoms with Crippen LogP contribution in [0.3, 0.4) is 0 Å². The number of hydrogen-bond donors (Lipinski definition) is 0. The summed E-state index contributed by atoms with van der Waals surface area (Å²) in [5.41, 5.74) is 2.01. The van der Waals surface area contributed by atoms with Crippen molar-refractivity contribution in [3.05, 3.63) is 85.0 Å². The molecule has 8 heteroatoms. The second-order valence-electron chi connectivity index (χ2n) is 12.6. The van der Waals surface area contributed by atoms with Crippen molar-refractivity contribution in [2.75, 3.05) is 26.3 Å². The first-order chi connectivity index (χ1) is 25.7. The molecule has 52 heavy (non-hydrogen) atoms. The fourth-order valence-corrected chi connectivity index (χ4v) is 5.20. The van der Waals surface area contributed by atoms with E-state index in [-0.39, 0.29) is 0 Å². The van der Waals surface area contributed by atoms with E-state index in [4.69, 9.17) is 9.47 Å². The third kappa shape index (κ3) is 37.1. The van der Waals surface area contributed by atoms with Crippen LogP contribution in [0.4, 0.5) is 0 Å². The first kappa shape index (κ1) is 52.9. The molecule has 0 aliphatic heterocycles. The zero-order valence-electron chi connectivity index (χ0n) is 32.3. The SMILES string of the molecule is C=CCOc1c[c-]c(C=NCCCCCCCCCCCC)cc1.C=CCOc1c[c-]c(C=NCCCCCCCCCCCC)cc1.[Cl][Pd+].[Cl][Pd+]. The average Bonchev–Trinajstić information content (AvgIpc) is 3.20. The Balaban J connectivity index is 0. The molecular formula is C44H68Cl2N2O2Pd2. The monoisotopic (exact) mass is 938 g/mol. The number of hydrogen-bond acceptors (Lipinski definition) is 4. The molecule has 0 spiro atoms. The Labute approximate surface area is 349 Å². The molecule has 0 bridgehead atoms. The van der Waals surface area contributed by atoms with E-state index in [1.54, 1.807) is 12.2 Å². The molecule has 0 heterocycles. The molecule has 0 saturated heterocycles. The van der Waals surface area contributed by atoms with E-state index >= 15 is 0 Å². The first-order valence-electron chi connectivity index (χ1n) is 19.5. The maximum atomic E-state index is 5.43. The summed E-state index contributed by atoms with van der Waals surface area (Å²) in [5.74, 6) is 1.64. The molecule has 0 aromatic heterocycles. The van der Waals surface area contributed by atoms with Crippen LogP contribution in [-0.2, 0) is 36.4 Å². The third-order valence-electron chi connectivity index (χ3n) is 8.09. The normalized spacial score (nSPS) is 10.5. The van der Waals surface area contributed by atoms with Crippen LogP contribution in [0.25, 0.3) is 0 Å². The zero-order valence-corrected chi connectivity index (χ0v) is 36.9.